The van der Waals surface area contributed by atoms with Crippen molar-refractivity contribution in [1.82, 2.24) is 0 Å². The molecule has 2 heteroatoms. The van der Waals surface area contributed by atoms with Gasteiger partial charge in [0.25, 0.3) is 0 Å². The van der Waals surface area contributed by atoms with Gasteiger partial charge in [-0.3, -0.25) is 0 Å². The fourth-order valence-corrected chi connectivity index (χ4v) is 3.76. The Bertz CT molecular complexity index is 705. The van der Waals surface area contributed by atoms with Crippen LogP contribution in [0.3, 0.4) is 0 Å². The van der Waals surface area contributed by atoms with Gasteiger partial charge in [-0.2, -0.15) is 0 Å². The molecule has 2 aromatic rings. The summed E-state index contributed by atoms with van der Waals surface area (Å²) >= 11 is 5.87. The first kappa shape index (κ1) is 14.0. The van der Waals surface area contributed by atoms with Gasteiger partial charge in [0.15, 0.2) is 0 Å². The van der Waals surface area contributed by atoms with Crippen molar-refractivity contribution in [3.05, 3.63) is 77.9 Å². The van der Waals surface area contributed by atoms with Crippen LogP contribution in [-0.2, 0) is 5.41 Å². The number of para-hydroxylation sites is 1. The molecule has 0 amide bonds. The number of nitrogens with zero attached hydrogens (tertiary/aromatic N) is 1. The van der Waals surface area contributed by atoms with E-state index in [4.69, 9.17) is 12.2 Å². The van der Waals surface area contributed by atoms with Gasteiger partial charge < -0.3 is 4.90 Å². The molecule has 0 saturated heterocycles. The Morgan fingerprint density at radius 3 is 2.38 bits per heavy atom. The minimum atomic E-state index is -0.270. The second-order valence-electron chi connectivity index (χ2n) is 5.79. The molecule has 0 fully saturated rings. The zero-order valence-corrected chi connectivity index (χ0v) is 13.3. The van der Waals surface area contributed by atoms with Gasteiger partial charge in [0.2, 0.25) is 0 Å². The summed E-state index contributed by atoms with van der Waals surface area (Å²) in [5.74, 6) is 0. The lowest BCUT2D eigenvalue weighted by Crippen LogP contribution is -2.38. The summed E-state index contributed by atoms with van der Waals surface area (Å²) in [6, 6.07) is 19.1. The summed E-state index contributed by atoms with van der Waals surface area (Å²) in [6.45, 7) is 6.22. The number of fused-ring (bicyclic) bond motifs is 1. The van der Waals surface area contributed by atoms with Gasteiger partial charge in [-0.15, -0.1) is 6.58 Å². The monoisotopic (exact) mass is 293 g/mol. The molecule has 1 unspecified atom stereocenters. The highest BCUT2D eigenvalue weighted by atomic mass is 32.1. The molecule has 1 aliphatic rings. The Morgan fingerprint density at radius 2 is 1.71 bits per heavy atom. The molecule has 1 aliphatic heterocycles. The highest BCUT2D eigenvalue weighted by Gasteiger charge is 2.47. The van der Waals surface area contributed by atoms with E-state index < -0.39 is 0 Å². The summed E-state index contributed by atoms with van der Waals surface area (Å²) in [5.41, 5.74) is 4.61. The minimum absolute atomic E-state index is 0.270. The number of allylic oxidation sites excluding steroid dienone is 1. The van der Waals surface area contributed by atoms with Crippen LogP contribution in [0.1, 0.15) is 24.5 Å². The number of thiocarbonyl (C=S) groups is 1. The van der Waals surface area contributed by atoms with E-state index in [-0.39, 0.29) is 5.41 Å². The van der Waals surface area contributed by atoms with E-state index in [0.29, 0.717) is 0 Å². The van der Waals surface area contributed by atoms with Crippen molar-refractivity contribution in [3.63, 3.8) is 0 Å². The third kappa shape index (κ3) is 2.02. The largest absolute Gasteiger partial charge is 0.338 e. The van der Waals surface area contributed by atoms with E-state index >= 15 is 0 Å². The molecule has 0 bridgehead atoms. The molecule has 3 rings (SSSR count). The van der Waals surface area contributed by atoms with Crippen LogP contribution in [0.15, 0.2) is 66.7 Å². The maximum atomic E-state index is 5.87. The molecular formula is C19H19NS. The molecule has 0 aliphatic carbocycles. The molecule has 2 aromatic carbocycles. The van der Waals surface area contributed by atoms with Crippen molar-refractivity contribution in [3.8, 4) is 0 Å². The lowest BCUT2D eigenvalue weighted by molar-refractivity contribution is 0.697. The first-order valence-corrected chi connectivity index (χ1v) is 7.56. The molecule has 1 heterocycles. The summed E-state index contributed by atoms with van der Waals surface area (Å²) in [4.78, 5) is 3.10. The molecular weight excluding hydrogens is 274 g/mol. The second kappa shape index (κ2) is 5.12. The number of rotatable bonds is 3. The van der Waals surface area contributed by atoms with Crippen molar-refractivity contribution < 1.29 is 0 Å². The van der Waals surface area contributed by atoms with Crippen LogP contribution in [0.5, 0.6) is 0 Å². The number of likely N-dealkylation sites (N-methyl/N-ethyl adjacent to an activating group) is 1. The molecule has 0 aromatic heterocycles. The maximum Gasteiger partial charge on any atom is 0.0977 e. The zero-order chi connectivity index (χ0) is 15.0. The van der Waals surface area contributed by atoms with Crippen LogP contribution in [0.25, 0.3) is 0 Å². The molecule has 106 valence electrons. The van der Waals surface area contributed by atoms with Crippen LogP contribution in [0.2, 0.25) is 0 Å². The second-order valence-corrected chi connectivity index (χ2v) is 6.17. The Hall–Kier alpha value is -1.93. The molecule has 21 heavy (non-hydrogen) atoms. The number of anilines is 1. The minimum Gasteiger partial charge on any atom is -0.338 e. The van der Waals surface area contributed by atoms with Gasteiger partial charge >= 0.3 is 0 Å². The molecule has 0 N–H and O–H groups in total. The zero-order valence-electron chi connectivity index (χ0n) is 12.5. The van der Waals surface area contributed by atoms with E-state index in [1.54, 1.807) is 0 Å². The van der Waals surface area contributed by atoms with E-state index in [1.165, 1.54) is 16.8 Å². The van der Waals surface area contributed by atoms with Crippen molar-refractivity contribution in [2.75, 3.05) is 11.9 Å². The highest BCUT2D eigenvalue weighted by molar-refractivity contribution is 7.80. The Morgan fingerprint density at radius 1 is 1.10 bits per heavy atom. The van der Waals surface area contributed by atoms with E-state index in [1.807, 2.05) is 6.07 Å². The first-order valence-electron chi connectivity index (χ1n) is 7.15. The summed E-state index contributed by atoms with van der Waals surface area (Å²) in [6.07, 6.45) is 0.844. The molecule has 1 nitrogen and oxygen atoms in total. The average Bonchev–Trinajstić information content (AvgIpc) is 2.71. The lowest BCUT2D eigenvalue weighted by atomic mass is 9.72. The van der Waals surface area contributed by atoms with Gasteiger partial charge in [-0.1, -0.05) is 66.3 Å². The van der Waals surface area contributed by atoms with Crippen molar-refractivity contribution in [1.29, 1.82) is 0 Å². The molecule has 1 atom stereocenters. The fraction of sp³-hybridized carbons (Fsp3) is 0.211. The Balaban J connectivity index is 2.31. The van der Waals surface area contributed by atoms with Gasteiger partial charge in [0.05, 0.1) is 10.4 Å². The van der Waals surface area contributed by atoms with E-state index in [2.05, 4.69) is 74.0 Å². The Labute approximate surface area is 131 Å². The smallest absolute Gasteiger partial charge is 0.0977 e. The van der Waals surface area contributed by atoms with Crippen LogP contribution in [0.4, 0.5) is 5.69 Å². The summed E-state index contributed by atoms with van der Waals surface area (Å²) in [7, 11) is 2.06. The fourth-order valence-electron chi connectivity index (χ4n) is 3.37. The molecule has 0 radical (unpaired) electrons. The molecule has 0 saturated carbocycles. The van der Waals surface area contributed by atoms with Gasteiger partial charge in [-0.05, 0) is 30.5 Å². The van der Waals surface area contributed by atoms with E-state index in [0.717, 1.165) is 17.0 Å². The Kier molecular flexibility index (Phi) is 3.42. The van der Waals surface area contributed by atoms with Crippen LogP contribution >= 0.6 is 12.2 Å². The molecule has 0 spiro atoms. The predicted molar refractivity (Wildman–Crippen MR) is 94.1 cm³/mol. The van der Waals surface area contributed by atoms with Crippen molar-refractivity contribution >= 4 is 22.9 Å². The first-order chi connectivity index (χ1) is 10.1. The SMILES string of the molecule is C=C(C)CC1(c2ccccc2)C(=S)N(C)c2ccccc21. The quantitative estimate of drug-likeness (QED) is 0.595. The van der Waals surface area contributed by atoms with Crippen LogP contribution < -0.4 is 4.90 Å². The van der Waals surface area contributed by atoms with Gasteiger partial charge in [0, 0.05) is 12.7 Å². The predicted octanol–water partition coefficient (Wildman–Crippen LogP) is 4.72. The summed E-state index contributed by atoms with van der Waals surface area (Å²) < 4.78 is 0. The van der Waals surface area contributed by atoms with Crippen LogP contribution in [-0.4, -0.2) is 12.0 Å². The highest BCUT2D eigenvalue weighted by Crippen LogP contribution is 2.49. The van der Waals surface area contributed by atoms with Crippen LogP contribution in [0, 0.1) is 0 Å². The standard InChI is InChI=1S/C19H19NS/c1-14(2)13-19(15-9-5-4-6-10-15)16-11-7-8-12-17(16)20(3)18(19)21/h4-12H,1,13H2,2-3H3. The average molecular weight is 293 g/mol. The number of hydrogen-bond acceptors (Lipinski definition) is 1. The van der Waals surface area contributed by atoms with Gasteiger partial charge in [-0.25, -0.2) is 0 Å². The van der Waals surface area contributed by atoms with E-state index in [9.17, 15) is 0 Å². The number of benzene rings is 2. The summed E-state index contributed by atoms with van der Waals surface area (Å²) in [5, 5.41) is 0. The maximum absolute atomic E-state index is 5.87. The third-order valence-electron chi connectivity index (χ3n) is 4.23. The lowest BCUT2D eigenvalue weighted by Gasteiger charge is -2.32. The third-order valence-corrected chi connectivity index (χ3v) is 4.85. The number of hydrogen-bond donors (Lipinski definition) is 0. The topological polar surface area (TPSA) is 3.24 Å². The van der Waals surface area contributed by atoms with Crippen molar-refractivity contribution in [2.45, 2.75) is 18.8 Å². The van der Waals surface area contributed by atoms with Crippen molar-refractivity contribution in [2.24, 2.45) is 0 Å². The normalized spacial score (nSPS) is 20.5. The van der Waals surface area contributed by atoms with Gasteiger partial charge in [0.1, 0.15) is 0 Å².